The lowest BCUT2D eigenvalue weighted by atomic mass is 9.99. The number of carbonyl (C=O) groups excluding carboxylic acids is 1. The van der Waals surface area contributed by atoms with Crippen molar-refractivity contribution in [3.05, 3.63) is 0 Å². The molecule has 0 aliphatic carbocycles. The van der Waals surface area contributed by atoms with Crippen molar-refractivity contribution in [1.29, 1.82) is 0 Å². The minimum absolute atomic E-state index is 0.427. The molecule has 1 N–H and O–H groups in total. The highest BCUT2D eigenvalue weighted by Crippen LogP contribution is 2.11. The summed E-state index contributed by atoms with van der Waals surface area (Å²) >= 11 is 0. The molecular weight excluding hydrogens is 114 g/mol. The Balaban J connectivity index is 3.43. The number of hydrogen-bond acceptors (Lipinski definition) is 1. The molecule has 2 nitrogen and oxygen atoms in total. The molecule has 0 atom stereocenters. The SMILES string of the molecule is CCC(CC)CC([NH])=O. The third-order valence-electron chi connectivity index (χ3n) is 1.63. The molecule has 1 radical (unpaired) electrons. The van der Waals surface area contributed by atoms with Crippen LogP contribution < -0.4 is 5.73 Å². The van der Waals surface area contributed by atoms with Crippen LogP contribution in [0.15, 0.2) is 0 Å². The third-order valence-corrected chi connectivity index (χ3v) is 1.63. The molecule has 53 valence electrons. The van der Waals surface area contributed by atoms with Crippen molar-refractivity contribution in [3.63, 3.8) is 0 Å². The van der Waals surface area contributed by atoms with Gasteiger partial charge in [-0.2, -0.15) is 0 Å². The lowest BCUT2D eigenvalue weighted by Crippen LogP contribution is -2.06. The standard InChI is InChI=1S/C7H14NO/c1-3-6(4-2)5-7(8)9/h6,8H,3-5H2,1-2H3. The summed E-state index contributed by atoms with van der Waals surface area (Å²) in [6, 6.07) is 0. The van der Waals surface area contributed by atoms with E-state index in [1.807, 2.05) is 0 Å². The summed E-state index contributed by atoms with van der Waals surface area (Å²) in [5.41, 5.74) is 6.68. The van der Waals surface area contributed by atoms with Crippen molar-refractivity contribution in [3.8, 4) is 0 Å². The van der Waals surface area contributed by atoms with Gasteiger partial charge in [0, 0.05) is 6.42 Å². The summed E-state index contributed by atoms with van der Waals surface area (Å²) in [4.78, 5) is 10.2. The molecule has 0 aromatic carbocycles. The maximum Gasteiger partial charge on any atom is 0.238 e. The molecule has 0 unspecified atom stereocenters. The van der Waals surface area contributed by atoms with E-state index in [9.17, 15) is 4.79 Å². The Labute approximate surface area is 56.4 Å². The van der Waals surface area contributed by atoms with Gasteiger partial charge in [-0.05, 0) is 5.92 Å². The highest BCUT2D eigenvalue weighted by molar-refractivity contribution is 5.73. The molecule has 0 aromatic heterocycles. The van der Waals surface area contributed by atoms with Gasteiger partial charge in [0.1, 0.15) is 0 Å². The van der Waals surface area contributed by atoms with E-state index in [4.69, 9.17) is 5.73 Å². The fraction of sp³-hybridized carbons (Fsp3) is 0.857. The molecule has 0 aliphatic heterocycles. The van der Waals surface area contributed by atoms with Crippen LogP contribution in [0.1, 0.15) is 33.1 Å². The van der Waals surface area contributed by atoms with E-state index in [2.05, 4.69) is 13.8 Å². The topological polar surface area (TPSA) is 40.9 Å². The van der Waals surface area contributed by atoms with Gasteiger partial charge in [-0.25, -0.2) is 0 Å². The second-order valence-electron chi connectivity index (χ2n) is 2.31. The first-order valence-electron chi connectivity index (χ1n) is 3.45. The maximum atomic E-state index is 10.2. The van der Waals surface area contributed by atoms with Gasteiger partial charge in [0.05, 0.1) is 0 Å². The maximum absolute atomic E-state index is 10.2. The van der Waals surface area contributed by atoms with Crippen molar-refractivity contribution in [2.24, 2.45) is 5.92 Å². The monoisotopic (exact) mass is 128 g/mol. The second-order valence-corrected chi connectivity index (χ2v) is 2.31. The Hall–Kier alpha value is -0.530. The van der Waals surface area contributed by atoms with Crippen LogP contribution >= 0.6 is 0 Å². The quantitative estimate of drug-likeness (QED) is 0.567. The summed E-state index contributed by atoms with van der Waals surface area (Å²) in [5.74, 6) is 0.0127. The van der Waals surface area contributed by atoms with Crippen molar-refractivity contribution < 1.29 is 4.79 Å². The molecule has 0 spiro atoms. The number of carbonyl (C=O) groups is 1. The molecule has 0 aliphatic rings. The summed E-state index contributed by atoms with van der Waals surface area (Å²) in [5, 5.41) is 0. The van der Waals surface area contributed by atoms with E-state index in [0.29, 0.717) is 12.3 Å². The third kappa shape index (κ3) is 4.01. The normalized spacial score (nSPS) is 10.1. The van der Waals surface area contributed by atoms with Crippen LogP contribution in [-0.4, -0.2) is 5.91 Å². The Morgan fingerprint density at radius 3 is 2.00 bits per heavy atom. The van der Waals surface area contributed by atoms with Gasteiger partial charge in [0.2, 0.25) is 5.91 Å². The van der Waals surface area contributed by atoms with Crippen LogP contribution in [0, 0.1) is 5.92 Å². The van der Waals surface area contributed by atoms with Gasteiger partial charge < -0.3 is 0 Å². The summed E-state index contributed by atoms with van der Waals surface area (Å²) in [6.45, 7) is 4.11. The van der Waals surface area contributed by atoms with Crippen LogP contribution in [0.3, 0.4) is 0 Å². The first-order chi connectivity index (χ1) is 4.20. The first-order valence-corrected chi connectivity index (χ1v) is 3.45. The van der Waals surface area contributed by atoms with Gasteiger partial charge in [0.15, 0.2) is 0 Å². The Morgan fingerprint density at radius 2 is 1.89 bits per heavy atom. The van der Waals surface area contributed by atoms with E-state index in [1.165, 1.54) is 0 Å². The summed E-state index contributed by atoms with van der Waals surface area (Å²) in [7, 11) is 0. The molecule has 0 aromatic rings. The molecule has 0 fully saturated rings. The molecule has 0 saturated heterocycles. The van der Waals surface area contributed by atoms with Crippen LogP contribution in [-0.2, 0) is 4.79 Å². The van der Waals surface area contributed by atoms with Gasteiger partial charge in [-0.3, -0.25) is 10.5 Å². The van der Waals surface area contributed by atoms with Crippen LogP contribution in [0.2, 0.25) is 0 Å². The average Bonchev–Trinajstić information content (AvgIpc) is 1.82. The fourth-order valence-corrected chi connectivity index (χ4v) is 0.840. The molecule has 0 saturated carbocycles. The highest BCUT2D eigenvalue weighted by Gasteiger charge is 2.06. The van der Waals surface area contributed by atoms with Crippen molar-refractivity contribution in [2.45, 2.75) is 33.1 Å². The molecule has 9 heavy (non-hydrogen) atoms. The number of hydrogen-bond donors (Lipinski definition) is 0. The average molecular weight is 128 g/mol. The smallest absolute Gasteiger partial charge is 0.238 e. The lowest BCUT2D eigenvalue weighted by Gasteiger charge is -2.06. The van der Waals surface area contributed by atoms with Crippen LogP contribution in [0.4, 0.5) is 0 Å². The Bertz CT molecular complexity index is 86.9. The van der Waals surface area contributed by atoms with Crippen LogP contribution in [0.5, 0.6) is 0 Å². The first kappa shape index (κ1) is 8.47. The lowest BCUT2D eigenvalue weighted by molar-refractivity contribution is -0.119. The molecule has 1 amide bonds. The number of rotatable bonds is 4. The number of nitrogens with one attached hydrogen (secondary N) is 1. The van der Waals surface area contributed by atoms with E-state index in [0.717, 1.165) is 12.8 Å². The predicted molar refractivity (Wildman–Crippen MR) is 36.8 cm³/mol. The van der Waals surface area contributed by atoms with E-state index in [1.54, 1.807) is 0 Å². The van der Waals surface area contributed by atoms with Crippen molar-refractivity contribution in [1.82, 2.24) is 5.73 Å². The molecule has 0 heterocycles. The minimum atomic E-state index is -0.427. The van der Waals surface area contributed by atoms with E-state index < -0.39 is 5.91 Å². The zero-order chi connectivity index (χ0) is 7.28. The van der Waals surface area contributed by atoms with Gasteiger partial charge in [-0.1, -0.05) is 26.7 Å². The summed E-state index contributed by atoms with van der Waals surface area (Å²) in [6.07, 6.45) is 2.47. The van der Waals surface area contributed by atoms with Crippen molar-refractivity contribution >= 4 is 5.91 Å². The Morgan fingerprint density at radius 1 is 1.44 bits per heavy atom. The second kappa shape index (κ2) is 4.36. The predicted octanol–water partition coefficient (Wildman–Crippen LogP) is 1.62. The number of amides is 1. The van der Waals surface area contributed by atoms with Crippen LogP contribution in [0.25, 0.3) is 0 Å². The minimum Gasteiger partial charge on any atom is -0.273 e. The molecule has 2 heteroatoms. The zero-order valence-electron chi connectivity index (χ0n) is 6.11. The van der Waals surface area contributed by atoms with E-state index >= 15 is 0 Å². The molecular formula is C7H14NO. The van der Waals surface area contributed by atoms with Crippen molar-refractivity contribution in [2.75, 3.05) is 0 Å². The molecule has 0 rings (SSSR count). The summed E-state index contributed by atoms with van der Waals surface area (Å²) < 4.78 is 0. The highest BCUT2D eigenvalue weighted by atomic mass is 16.1. The van der Waals surface area contributed by atoms with E-state index in [-0.39, 0.29) is 0 Å². The zero-order valence-corrected chi connectivity index (χ0v) is 6.11. The Kier molecular flexibility index (Phi) is 4.10. The van der Waals surface area contributed by atoms with Gasteiger partial charge in [-0.15, -0.1) is 0 Å². The molecule has 0 bridgehead atoms. The van der Waals surface area contributed by atoms with Gasteiger partial charge in [0.25, 0.3) is 0 Å². The van der Waals surface area contributed by atoms with Gasteiger partial charge >= 0.3 is 0 Å². The largest absolute Gasteiger partial charge is 0.273 e. The fourth-order valence-electron chi connectivity index (χ4n) is 0.840.